The lowest BCUT2D eigenvalue weighted by molar-refractivity contribution is 0.533. The zero-order chi connectivity index (χ0) is 13.8. The minimum Gasteiger partial charge on any atom is -0.324 e. The van der Waals surface area contributed by atoms with Crippen LogP contribution in [0.1, 0.15) is 25.2 Å². The molecule has 5 heteroatoms. The summed E-state index contributed by atoms with van der Waals surface area (Å²) in [4.78, 5) is 4.45. The van der Waals surface area contributed by atoms with Crippen molar-refractivity contribution in [2.45, 2.75) is 25.8 Å². The van der Waals surface area contributed by atoms with E-state index < -0.39 is 0 Å². The lowest BCUT2D eigenvalue weighted by Crippen LogP contribution is -2.14. The molecule has 0 saturated heterocycles. The molecule has 0 bridgehead atoms. The Bertz CT molecular complexity index is 556. The van der Waals surface area contributed by atoms with E-state index in [0.29, 0.717) is 23.9 Å². The van der Waals surface area contributed by atoms with Gasteiger partial charge in [0.05, 0.1) is 5.52 Å². The molecular weight excluding hydrogens is 283 g/mol. The van der Waals surface area contributed by atoms with E-state index in [-0.39, 0.29) is 5.82 Å². The third-order valence-electron chi connectivity index (χ3n) is 3.26. The second-order valence-corrected chi connectivity index (χ2v) is 5.75. The van der Waals surface area contributed by atoms with Gasteiger partial charge in [0.15, 0.2) is 5.82 Å². The smallest absolute Gasteiger partial charge is 0.151 e. The number of benzene rings is 1. The van der Waals surface area contributed by atoms with Crippen LogP contribution in [0.3, 0.4) is 0 Å². The van der Waals surface area contributed by atoms with Gasteiger partial charge < -0.3 is 4.57 Å². The second-order valence-electron chi connectivity index (χ2n) is 4.46. The Hall–Kier alpha value is -0.740. The Morgan fingerprint density at radius 2 is 2.26 bits per heavy atom. The van der Waals surface area contributed by atoms with Crippen LogP contribution in [-0.2, 0) is 6.42 Å². The van der Waals surface area contributed by atoms with Gasteiger partial charge in [0.1, 0.15) is 11.3 Å². The molecule has 2 aromatic rings. The van der Waals surface area contributed by atoms with Crippen LogP contribution in [0, 0.1) is 5.82 Å². The molecule has 0 radical (unpaired) electrons. The second kappa shape index (κ2) is 6.62. The van der Waals surface area contributed by atoms with Crippen molar-refractivity contribution < 1.29 is 4.39 Å². The number of nitrogens with zero attached hydrogens (tertiary/aromatic N) is 2. The van der Waals surface area contributed by atoms with E-state index in [2.05, 4.69) is 22.7 Å². The summed E-state index contributed by atoms with van der Waals surface area (Å²) in [5.74, 6) is 2.12. The van der Waals surface area contributed by atoms with Gasteiger partial charge in [0, 0.05) is 24.1 Å². The molecule has 0 fully saturated rings. The van der Waals surface area contributed by atoms with E-state index in [0.717, 1.165) is 23.5 Å². The highest BCUT2D eigenvalue weighted by atomic mass is 35.5. The van der Waals surface area contributed by atoms with Crippen molar-refractivity contribution in [2.24, 2.45) is 0 Å². The summed E-state index contributed by atoms with van der Waals surface area (Å²) in [5.41, 5.74) is 1.34. The fourth-order valence-electron chi connectivity index (χ4n) is 2.37. The van der Waals surface area contributed by atoms with Crippen LogP contribution < -0.4 is 0 Å². The van der Waals surface area contributed by atoms with E-state index in [1.165, 1.54) is 6.07 Å². The highest BCUT2D eigenvalue weighted by molar-refractivity contribution is 7.98. The zero-order valence-electron chi connectivity index (χ0n) is 11.2. The van der Waals surface area contributed by atoms with Crippen molar-refractivity contribution in [3.63, 3.8) is 0 Å². The van der Waals surface area contributed by atoms with Crippen molar-refractivity contribution >= 4 is 34.4 Å². The average Bonchev–Trinajstić information content (AvgIpc) is 2.76. The Morgan fingerprint density at radius 3 is 2.89 bits per heavy atom. The van der Waals surface area contributed by atoms with Gasteiger partial charge in [-0.05, 0) is 24.8 Å². The number of thioether (sulfide) groups is 1. The summed E-state index contributed by atoms with van der Waals surface area (Å²) in [6.45, 7) is 2.15. The maximum absolute atomic E-state index is 13.9. The van der Waals surface area contributed by atoms with Gasteiger partial charge in [-0.3, -0.25) is 0 Å². The van der Waals surface area contributed by atoms with Crippen LogP contribution in [-0.4, -0.2) is 27.4 Å². The predicted molar refractivity (Wildman–Crippen MR) is 81.8 cm³/mol. The maximum Gasteiger partial charge on any atom is 0.151 e. The number of alkyl halides is 1. The van der Waals surface area contributed by atoms with Crippen LogP contribution in [0.2, 0.25) is 0 Å². The molecule has 0 spiro atoms. The van der Waals surface area contributed by atoms with Gasteiger partial charge in [-0.1, -0.05) is 13.0 Å². The van der Waals surface area contributed by atoms with Gasteiger partial charge in [-0.25, -0.2) is 9.37 Å². The molecule has 1 aromatic heterocycles. The fraction of sp³-hybridized carbons (Fsp3) is 0.500. The molecule has 19 heavy (non-hydrogen) atoms. The molecule has 1 atom stereocenters. The number of rotatable bonds is 6. The Balaban J connectivity index is 2.60. The number of para-hydroxylation sites is 1. The van der Waals surface area contributed by atoms with Crippen LogP contribution in [0.4, 0.5) is 4.39 Å². The molecule has 0 saturated carbocycles. The summed E-state index contributed by atoms with van der Waals surface area (Å²) >= 11 is 7.64. The topological polar surface area (TPSA) is 17.8 Å². The van der Waals surface area contributed by atoms with Gasteiger partial charge in [-0.2, -0.15) is 11.8 Å². The highest BCUT2D eigenvalue weighted by Crippen LogP contribution is 2.27. The third kappa shape index (κ3) is 2.90. The minimum absolute atomic E-state index is 0.258. The number of aromatic nitrogens is 2. The van der Waals surface area contributed by atoms with Crippen LogP contribution in [0.25, 0.3) is 11.0 Å². The molecule has 0 aliphatic heterocycles. The minimum atomic E-state index is -0.258. The molecule has 104 valence electrons. The molecule has 0 aliphatic rings. The molecule has 2 nitrogen and oxygen atoms in total. The highest BCUT2D eigenvalue weighted by Gasteiger charge is 2.18. The van der Waals surface area contributed by atoms with Crippen LogP contribution in [0.5, 0.6) is 0 Å². The SMILES string of the molecule is CCC(CSC)n1c(CCCl)nc2c(F)cccc21. The summed E-state index contributed by atoms with van der Waals surface area (Å²) in [7, 11) is 0. The normalized spacial score (nSPS) is 13.1. The molecule has 0 aliphatic carbocycles. The lowest BCUT2D eigenvalue weighted by Gasteiger charge is -2.19. The van der Waals surface area contributed by atoms with Crippen LogP contribution >= 0.6 is 23.4 Å². The quantitative estimate of drug-likeness (QED) is 0.741. The molecule has 1 unspecified atom stereocenters. The van der Waals surface area contributed by atoms with Crippen molar-refractivity contribution in [1.82, 2.24) is 9.55 Å². The fourth-order valence-corrected chi connectivity index (χ4v) is 3.31. The molecule has 2 rings (SSSR count). The van der Waals surface area contributed by atoms with Crippen molar-refractivity contribution in [3.8, 4) is 0 Å². The van der Waals surface area contributed by atoms with Crippen molar-refractivity contribution in [2.75, 3.05) is 17.9 Å². The number of fused-ring (bicyclic) bond motifs is 1. The van der Waals surface area contributed by atoms with E-state index in [1.54, 1.807) is 17.8 Å². The summed E-state index contributed by atoms with van der Waals surface area (Å²) < 4.78 is 16.0. The van der Waals surface area contributed by atoms with Gasteiger partial charge in [0.25, 0.3) is 0 Å². The zero-order valence-corrected chi connectivity index (χ0v) is 12.8. The predicted octanol–water partition coefficient (Wildman–Crippen LogP) is 4.27. The van der Waals surface area contributed by atoms with Crippen molar-refractivity contribution in [1.29, 1.82) is 0 Å². The molecular formula is C14H18ClFN2S. The standard InChI is InChI=1S/C14H18ClFN2S/c1-3-10(9-19-2)18-12-6-4-5-11(16)14(12)17-13(18)7-8-15/h4-6,10H,3,7-9H2,1-2H3. The molecule has 0 amide bonds. The Labute approximate surface area is 122 Å². The van der Waals surface area contributed by atoms with E-state index >= 15 is 0 Å². The number of aryl methyl sites for hydroxylation is 1. The summed E-state index contributed by atoms with van der Waals surface area (Å²) in [5, 5.41) is 0. The van der Waals surface area contributed by atoms with E-state index in [9.17, 15) is 4.39 Å². The number of halogens is 2. The number of hydrogen-bond donors (Lipinski definition) is 0. The third-order valence-corrected chi connectivity index (χ3v) is 4.16. The molecule has 1 aromatic carbocycles. The van der Waals surface area contributed by atoms with Gasteiger partial charge >= 0.3 is 0 Å². The first kappa shape index (κ1) is 14.7. The first-order valence-corrected chi connectivity index (χ1v) is 8.36. The average molecular weight is 301 g/mol. The van der Waals surface area contributed by atoms with E-state index in [1.807, 2.05) is 6.07 Å². The summed E-state index contributed by atoms with van der Waals surface area (Å²) in [6, 6.07) is 5.47. The molecule has 0 N–H and O–H groups in total. The first-order chi connectivity index (χ1) is 9.22. The number of imidazole rings is 1. The van der Waals surface area contributed by atoms with Crippen LogP contribution in [0.15, 0.2) is 18.2 Å². The van der Waals surface area contributed by atoms with Gasteiger partial charge in [0.2, 0.25) is 0 Å². The maximum atomic E-state index is 13.9. The Morgan fingerprint density at radius 1 is 1.47 bits per heavy atom. The largest absolute Gasteiger partial charge is 0.324 e. The van der Waals surface area contributed by atoms with Gasteiger partial charge in [-0.15, -0.1) is 11.6 Å². The summed E-state index contributed by atoms with van der Waals surface area (Å²) in [6.07, 6.45) is 3.75. The molecule has 1 heterocycles. The van der Waals surface area contributed by atoms with Crippen molar-refractivity contribution in [3.05, 3.63) is 29.8 Å². The monoisotopic (exact) mass is 300 g/mol. The lowest BCUT2D eigenvalue weighted by atomic mass is 10.2. The number of hydrogen-bond acceptors (Lipinski definition) is 2. The first-order valence-electron chi connectivity index (χ1n) is 6.43. The van der Waals surface area contributed by atoms with E-state index in [4.69, 9.17) is 11.6 Å². The Kier molecular flexibility index (Phi) is 5.11.